The molecule has 1 heterocycles. The molecule has 2 N–H and O–H groups in total. The Kier molecular flexibility index (Phi) is 5.44. The summed E-state index contributed by atoms with van der Waals surface area (Å²) in [6.07, 6.45) is 1.25. The van der Waals surface area contributed by atoms with Crippen LogP contribution in [-0.4, -0.2) is 55.6 Å². The molecule has 7 nitrogen and oxygen atoms in total. The lowest BCUT2D eigenvalue weighted by molar-refractivity contribution is -0.129. The molecule has 2 aliphatic rings. The van der Waals surface area contributed by atoms with Gasteiger partial charge < -0.3 is 20.3 Å². The summed E-state index contributed by atoms with van der Waals surface area (Å²) >= 11 is 0. The Labute approximate surface area is 153 Å². The Morgan fingerprint density at radius 3 is 2.46 bits per heavy atom. The van der Waals surface area contributed by atoms with Gasteiger partial charge in [-0.3, -0.25) is 9.59 Å². The number of rotatable bonds is 5. The maximum Gasteiger partial charge on any atom is 0.407 e. The Hall–Kier alpha value is -2.57. The lowest BCUT2D eigenvalue weighted by Gasteiger charge is -2.20. The molecular formula is C19H25N3O4. The van der Waals surface area contributed by atoms with Crippen LogP contribution in [0.2, 0.25) is 0 Å². The van der Waals surface area contributed by atoms with Crippen molar-refractivity contribution in [3.8, 4) is 0 Å². The van der Waals surface area contributed by atoms with Gasteiger partial charge in [0.2, 0.25) is 11.8 Å². The van der Waals surface area contributed by atoms with Gasteiger partial charge in [-0.1, -0.05) is 29.8 Å². The number of benzene rings is 1. The van der Waals surface area contributed by atoms with Gasteiger partial charge in [-0.2, -0.15) is 0 Å². The second kappa shape index (κ2) is 7.76. The molecule has 1 saturated heterocycles. The first kappa shape index (κ1) is 18.2. The summed E-state index contributed by atoms with van der Waals surface area (Å²) in [4.78, 5) is 37.5. The van der Waals surface area contributed by atoms with Crippen LogP contribution in [0.3, 0.4) is 0 Å². The van der Waals surface area contributed by atoms with E-state index in [4.69, 9.17) is 0 Å². The molecule has 0 unspecified atom stereocenters. The number of nitrogens with zero attached hydrogens (tertiary/aromatic N) is 1. The summed E-state index contributed by atoms with van der Waals surface area (Å²) in [5.74, 6) is 0.0598. The van der Waals surface area contributed by atoms with E-state index in [0.717, 1.165) is 18.4 Å². The van der Waals surface area contributed by atoms with Gasteiger partial charge in [0.05, 0.1) is 13.2 Å². The number of aryl methyl sites for hydroxylation is 1. The second-order valence-corrected chi connectivity index (χ2v) is 7.05. The van der Waals surface area contributed by atoms with Crippen LogP contribution in [0.5, 0.6) is 0 Å². The predicted octanol–water partition coefficient (Wildman–Crippen LogP) is 1.17. The average Bonchev–Trinajstić information content (AvgIpc) is 3.41. The fraction of sp³-hybridized carbons (Fsp3) is 0.526. The third kappa shape index (κ3) is 4.33. The third-order valence-corrected chi connectivity index (χ3v) is 5.02. The van der Waals surface area contributed by atoms with Gasteiger partial charge in [-0.15, -0.1) is 0 Å². The van der Waals surface area contributed by atoms with E-state index < -0.39 is 6.09 Å². The zero-order valence-electron chi connectivity index (χ0n) is 15.2. The molecule has 3 rings (SSSR count). The highest BCUT2D eigenvalue weighted by Crippen LogP contribution is 2.32. The van der Waals surface area contributed by atoms with Crippen molar-refractivity contribution in [1.82, 2.24) is 15.5 Å². The fourth-order valence-corrected chi connectivity index (χ4v) is 3.28. The molecule has 1 aromatic carbocycles. The highest BCUT2D eigenvalue weighted by molar-refractivity contribution is 5.83. The van der Waals surface area contributed by atoms with Crippen molar-refractivity contribution in [2.24, 2.45) is 5.92 Å². The van der Waals surface area contributed by atoms with Crippen LogP contribution < -0.4 is 10.6 Å². The topological polar surface area (TPSA) is 87.7 Å². The van der Waals surface area contributed by atoms with Crippen molar-refractivity contribution in [2.45, 2.75) is 31.7 Å². The molecule has 0 radical (unpaired) electrons. The number of alkyl carbamates (subject to hydrolysis) is 1. The number of hydrogen-bond acceptors (Lipinski definition) is 4. The van der Waals surface area contributed by atoms with E-state index in [2.05, 4.69) is 27.5 Å². The van der Waals surface area contributed by atoms with Crippen LogP contribution >= 0.6 is 0 Å². The maximum absolute atomic E-state index is 12.4. The summed E-state index contributed by atoms with van der Waals surface area (Å²) in [6, 6.07) is 8.07. The summed E-state index contributed by atoms with van der Waals surface area (Å²) in [6.45, 7) is 2.87. The largest absolute Gasteiger partial charge is 0.453 e. The van der Waals surface area contributed by atoms with Crippen LogP contribution in [0.15, 0.2) is 24.3 Å². The molecule has 1 saturated carbocycles. The second-order valence-electron chi connectivity index (χ2n) is 7.05. The van der Waals surface area contributed by atoms with Gasteiger partial charge >= 0.3 is 6.09 Å². The lowest BCUT2D eigenvalue weighted by atomic mass is 9.93. The summed E-state index contributed by atoms with van der Waals surface area (Å²) in [5.41, 5.74) is 2.27. The van der Waals surface area contributed by atoms with Gasteiger partial charge in [0.15, 0.2) is 0 Å². The van der Waals surface area contributed by atoms with E-state index in [1.165, 1.54) is 12.7 Å². The van der Waals surface area contributed by atoms with Crippen molar-refractivity contribution in [1.29, 1.82) is 0 Å². The number of carbonyl (C=O) groups excluding carboxylic acids is 3. The highest BCUT2D eigenvalue weighted by Gasteiger charge is 2.39. The van der Waals surface area contributed by atoms with Crippen LogP contribution in [0.4, 0.5) is 4.79 Å². The predicted molar refractivity (Wildman–Crippen MR) is 95.6 cm³/mol. The van der Waals surface area contributed by atoms with Crippen LogP contribution in [0, 0.1) is 12.8 Å². The minimum Gasteiger partial charge on any atom is -0.453 e. The number of carbonyl (C=O) groups is 3. The summed E-state index contributed by atoms with van der Waals surface area (Å²) in [7, 11) is 1.26. The SMILES string of the molecule is COC(=O)NCC(=O)N1C[C@@H](NC(=O)C2CC2)[C@H](c2ccc(C)cc2)C1. The minimum atomic E-state index is -0.633. The molecule has 1 aliphatic carbocycles. The maximum atomic E-state index is 12.4. The van der Waals surface area contributed by atoms with Crippen molar-refractivity contribution in [3.63, 3.8) is 0 Å². The third-order valence-electron chi connectivity index (χ3n) is 5.02. The molecule has 1 aromatic rings. The standard InChI is InChI=1S/C19H25N3O4/c1-12-3-5-13(6-4-12)15-10-22(17(23)9-20-19(25)26-2)11-16(15)21-18(24)14-7-8-14/h3-6,14-16H,7-11H2,1-2H3,(H,20,25)(H,21,24)/t15-,16+/m0/s1. The number of likely N-dealkylation sites (tertiary alicyclic amines) is 1. The molecule has 26 heavy (non-hydrogen) atoms. The quantitative estimate of drug-likeness (QED) is 0.826. The molecular weight excluding hydrogens is 334 g/mol. The molecule has 0 bridgehead atoms. The molecule has 3 amide bonds. The smallest absolute Gasteiger partial charge is 0.407 e. The Bertz CT molecular complexity index is 685. The highest BCUT2D eigenvalue weighted by atomic mass is 16.5. The van der Waals surface area contributed by atoms with Crippen LogP contribution in [0.25, 0.3) is 0 Å². The van der Waals surface area contributed by atoms with E-state index in [1.807, 2.05) is 19.1 Å². The van der Waals surface area contributed by atoms with Crippen LogP contribution in [0.1, 0.15) is 29.9 Å². The number of methoxy groups -OCH3 is 1. The first-order chi connectivity index (χ1) is 12.5. The van der Waals surface area contributed by atoms with Crippen molar-refractivity contribution >= 4 is 17.9 Å². The Morgan fingerprint density at radius 2 is 1.85 bits per heavy atom. The first-order valence-electron chi connectivity index (χ1n) is 8.94. The van der Waals surface area contributed by atoms with E-state index in [-0.39, 0.29) is 36.2 Å². The van der Waals surface area contributed by atoms with Gasteiger partial charge in [-0.25, -0.2) is 4.79 Å². The molecule has 0 spiro atoms. The summed E-state index contributed by atoms with van der Waals surface area (Å²) in [5, 5.41) is 5.54. The first-order valence-corrected chi connectivity index (χ1v) is 8.94. The van der Waals surface area contributed by atoms with Crippen molar-refractivity contribution in [3.05, 3.63) is 35.4 Å². The molecule has 2 fully saturated rings. The zero-order chi connectivity index (χ0) is 18.7. The van der Waals surface area contributed by atoms with E-state index in [9.17, 15) is 14.4 Å². The van der Waals surface area contributed by atoms with Crippen molar-refractivity contribution < 1.29 is 19.1 Å². The Morgan fingerprint density at radius 1 is 1.15 bits per heavy atom. The molecule has 0 aromatic heterocycles. The Balaban J connectivity index is 1.69. The van der Waals surface area contributed by atoms with Crippen LogP contribution in [-0.2, 0) is 14.3 Å². The molecule has 140 valence electrons. The van der Waals surface area contributed by atoms with Crippen molar-refractivity contribution in [2.75, 3.05) is 26.7 Å². The summed E-state index contributed by atoms with van der Waals surface area (Å²) < 4.78 is 4.49. The number of hydrogen-bond donors (Lipinski definition) is 2. The molecule has 7 heteroatoms. The monoisotopic (exact) mass is 359 g/mol. The lowest BCUT2D eigenvalue weighted by Crippen LogP contribution is -2.43. The van der Waals surface area contributed by atoms with E-state index >= 15 is 0 Å². The fourth-order valence-electron chi connectivity index (χ4n) is 3.28. The molecule has 1 aliphatic heterocycles. The zero-order valence-corrected chi connectivity index (χ0v) is 15.2. The number of amides is 3. The molecule has 2 atom stereocenters. The average molecular weight is 359 g/mol. The van der Waals surface area contributed by atoms with Gasteiger partial charge in [0.25, 0.3) is 0 Å². The van der Waals surface area contributed by atoms with E-state index in [1.54, 1.807) is 4.90 Å². The number of nitrogens with one attached hydrogen (secondary N) is 2. The van der Waals surface area contributed by atoms with Gasteiger partial charge in [0.1, 0.15) is 6.54 Å². The normalized spacial score (nSPS) is 22.0. The van der Waals surface area contributed by atoms with E-state index in [0.29, 0.717) is 13.1 Å². The number of ether oxygens (including phenoxy) is 1. The minimum absolute atomic E-state index is 0.0420. The van der Waals surface area contributed by atoms with Gasteiger partial charge in [-0.05, 0) is 25.3 Å². The van der Waals surface area contributed by atoms with Gasteiger partial charge in [0, 0.05) is 24.9 Å².